The molecule has 0 aromatic carbocycles. The Morgan fingerprint density at radius 1 is 1.20 bits per heavy atom. The largest absolute Gasteiger partial charge is 0.474 e. The second-order valence-corrected chi connectivity index (χ2v) is 16.2. The second kappa shape index (κ2) is 13.2. The van der Waals surface area contributed by atoms with E-state index in [9.17, 15) is 9.69 Å². The van der Waals surface area contributed by atoms with Gasteiger partial charge in [0.15, 0.2) is 17.4 Å². The van der Waals surface area contributed by atoms with Crippen molar-refractivity contribution in [3.8, 4) is 11.9 Å². The summed E-state index contributed by atoms with van der Waals surface area (Å²) in [5.74, 6) is -0.346. The lowest BCUT2D eigenvalue weighted by atomic mass is 10.0. The van der Waals surface area contributed by atoms with E-state index in [0.717, 1.165) is 0 Å². The average molecular weight is 686 g/mol. The van der Waals surface area contributed by atoms with Crippen molar-refractivity contribution in [2.75, 3.05) is 19.8 Å². The SMILES string of the molecule is C[C@H]1[C@H]2OP(O)(=S)OC[C@H]3C[C@@H](Oc4ccncn4)C[C@@H]3OP(=S)(OCCC#N)OC[C@H]1O[C@H]2n1cnc2c(=O)[nH]cnc21. The number of aromatic nitrogens is 6. The van der Waals surface area contributed by atoms with E-state index < -0.39 is 49.5 Å². The minimum absolute atomic E-state index is 0.0106. The summed E-state index contributed by atoms with van der Waals surface area (Å²) in [6.07, 6.45) is 3.33. The zero-order valence-corrected chi connectivity index (χ0v) is 26.7. The van der Waals surface area contributed by atoms with Crippen molar-refractivity contribution >= 4 is 48.2 Å². The van der Waals surface area contributed by atoms with E-state index in [1.807, 2.05) is 13.0 Å². The molecule has 3 fully saturated rings. The minimum Gasteiger partial charge on any atom is -0.474 e. The molecule has 2 saturated heterocycles. The van der Waals surface area contributed by atoms with Gasteiger partial charge >= 0.3 is 13.4 Å². The van der Waals surface area contributed by atoms with Crippen molar-refractivity contribution in [1.29, 1.82) is 5.26 Å². The van der Waals surface area contributed by atoms with Gasteiger partial charge in [0.05, 0.1) is 57.2 Å². The first-order valence-electron chi connectivity index (χ1n) is 13.7. The quantitative estimate of drug-likeness (QED) is 0.283. The number of nitrogens with one attached hydrogen (secondary N) is 1. The van der Waals surface area contributed by atoms with Crippen LogP contribution in [-0.4, -0.2) is 78.6 Å². The summed E-state index contributed by atoms with van der Waals surface area (Å²) in [6, 6.07) is 3.68. The topological polar surface area (TPSA) is 198 Å². The molecule has 2 bridgehead atoms. The van der Waals surface area contributed by atoms with Crippen molar-refractivity contribution in [3.05, 3.63) is 41.6 Å². The van der Waals surface area contributed by atoms with Crippen LogP contribution in [0, 0.1) is 23.2 Å². The van der Waals surface area contributed by atoms with E-state index in [2.05, 4.69) is 24.9 Å². The van der Waals surface area contributed by atoms with E-state index in [0.29, 0.717) is 18.7 Å². The van der Waals surface area contributed by atoms with Crippen molar-refractivity contribution < 1.29 is 37.0 Å². The van der Waals surface area contributed by atoms with Crippen LogP contribution in [0.1, 0.15) is 32.4 Å². The van der Waals surface area contributed by atoms with Gasteiger partial charge in [-0.25, -0.2) is 19.9 Å². The molecule has 3 aromatic heterocycles. The first-order valence-corrected chi connectivity index (χ1v) is 18.9. The summed E-state index contributed by atoms with van der Waals surface area (Å²) in [4.78, 5) is 42.5. The fourth-order valence-electron chi connectivity index (χ4n) is 5.43. The first kappa shape index (κ1) is 31.7. The third kappa shape index (κ3) is 6.93. The van der Waals surface area contributed by atoms with Gasteiger partial charge < -0.3 is 42.0 Å². The van der Waals surface area contributed by atoms with Crippen LogP contribution in [-0.2, 0) is 51.0 Å². The Morgan fingerprint density at radius 3 is 2.86 bits per heavy atom. The molecule has 0 spiro atoms. The minimum atomic E-state index is -3.85. The predicted molar refractivity (Wildman–Crippen MR) is 159 cm³/mol. The van der Waals surface area contributed by atoms with E-state index in [4.69, 9.17) is 61.0 Å². The number of hydrogen-bond donors (Lipinski definition) is 2. The maximum absolute atomic E-state index is 12.3. The van der Waals surface area contributed by atoms with Crippen LogP contribution >= 0.6 is 13.4 Å². The number of rotatable bonds is 6. The highest BCUT2D eigenvalue weighted by molar-refractivity contribution is 8.07. The highest BCUT2D eigenvalue weighted by atomic mass is 32.5. The molecule has 6 rings (SSSR count). The summed E-state index contributed by atoms with van der Waals surface area (Å²) in [5, 5.41) is 9.09. The average Bonchev–Trinajstić information content (AvgIpc) is 3.67. The molecule has 1 saturated carbocycles. The molecule has 9 atom stereocenters. The number of nitriles is 1. The summed E-state index contributed by atoms with van der Waals surface area (Å²) in [5.41, 5.74) is -0.0568. The maximum Gasteiger partial charge on any atom is 0.327 e. The van der Waals surface area contributed by atoms with Crippen LogP contribution in [0.3, 0.4) is 0 Å². The Bertz CT molecular complexity index is 1670. The fraction of sp³-hybridized carbons (Fsp3) is 0.583. The van der Waals surface area contributed by atoms with Crippen molar-refractivity contribution in [1.82, 2.24) is 29.5 Å². The highest BCUT2D eigenvalue weighted by Crippen LogP contribution is 2.57. The summed E-state index contributed by atoms with van der Waals surface area (Å²) in [6.45, 7) is -5.52. The van der Waals surface area contributed by atoms with Gasteiger partial charge in [0.1, 0.15) is 18.5 Å². The van der Waals surface area contributed by atoms with Crippen LogP contribution in [0.2, 0.25) is 0 Å². The van der Waals surface area contributed by atoms with Gasteiger partial charge in [0, 0.05) is 30.5 Å². The summed E-state index contributed by atoms with van der Waals surface area (Å²) in [7, 11) is 0. The van der Waals surface area contributed by atoms with Gasteiger partial charge in [-0.15, -0.1) is 0 Å². The molecule has 44 heavy (non-hydrogen) atoms. The third-order valence-corrected chi connectivity index (χ3v) is 11.5. The molecule has 3 aromatic rings. The van der Waals surface area contributed by atoms with Gasteiger partial charge in [-0.3, -0.25) is 9.36 Å². The number of H-pyrrole nitrogens is 1. The number of imidazole rings is 1. The van der Waals surface area contributed by atoms with E-state index in [1.54, 1.807) is 16.8 Å². The lowest BCUT2D eigenvalue weighted by Gasteiger charge is -2.29. The maximum atomic E-state index is 12.3. The molecule has 2 aliphatic heterocycles. The molecule has 20 heteroatoms. The van der Waals surface area contributed by atoms with E-state index in [-0.39, 0.29) is 49.4 Å². The Hall–Kier alpha value is -2.26. The lowest BCUT2D eigenvalue weighted by molar-refractivity contribution is -0.0501. The first-order chi connectivity index (χ1) is 21.1. The van der Waals surface area contributed by atoms with E-state index >= 15 is 0 Å². The van der Waals surface area contributed by atoms with Crippen molar-refractivity contribution in [2.24, 2.45) is 11.8 Å². The second-order valence-electron chi connectivity index (χ2n) is 10.5. The Labute approximate surface area is 261 Å². The van der Waals surface area contributed by atoms with Crippen molar-refractivity contribution in [3.63, 3.8) is 0 Å². The Balaban J connectivity index is 1.30. The summed E-state index contributed by atoms with van der Waals surface area (Å²) >= 11 is 11.3. The molecule has 236 valence electrons. The summed E-state index contributed by atoms with van der Waals surface area (Å²) < 4.78 is 44.4. The Morgan fingerprint density at radius 2 is 2.07 bits per heavy atom. The lowest BCUT2D eigenvalue weighted by Crippen LogP contribution is -2.28. The van der Waals surface area contributed by atoms with Gasteiger partial charge in [-0.05, 0) is 30.0 Å². The van der Waals surface area contributed by atoms with Crippen LogP contribution in [0.4, 0.5) is 0 Å². The number of hydrogen-bond acceptors (Lipinski definition) is 15. The molecule has 3 aliphatic rings. The monoisotopic (exact) mass is 685 g/mol. The number of fused-ring (bicyclic) bond motifs is 4. The fourth-order valence-corrected chi connectivity index (χ4v) is 9.12. The van der Waals surface area contributed by atoms with Crippen LogP contribution < -0.4 is 10.3 Å². The van der Waals surface area contributed by atoms with Crippen LogP contribution in [0.25, 0.3) is 11.2 Å². The molecule has 0 radical (unpaired) electrons. The molecule has 2 unspecified atom stereocenters. The smallest absolute Gasteiger partial charge is 0.327 e. The van der Waals surface area contributed by atoms with Gasteiger partial charge in [0.25, 0.3) is 5.56 Å². The number of aromatic amines is 1. The van der Waals surface area contributed by atoms with Gasteiger partial charge in [0.2, 0.25) is 5.88 Å². The molecule has 5 heterocycles. The van der Waals surface area contributed by atoms with Gasteiger partial charge in [-0.1, -0.05) is 6.92 Å². The number of ether oxygens (including phenoxy) is 2. The molecule has 1 aliphatic carbocycles. The highest BCUT2D eigenvalue weighted by Gasteiger charge is 2.49. The van der Waals surface area contributed by atoms with Crippen LogP contribution in [0.15, 0.2) is 36.0 Å². The number of nitrogens with zero attached hydrogens (tertiary/aromatic N) is 6. The Kier molecular flexibility index (Phi) is 9.53. The molecule has 0 amide bonds. The zero-order chi connectivity index (χ0) is 30.9. The molecule has 2 N–H and O–H groups in total. The predicted octanol–water partition coefficient (Wildman–Crippen LogP) is 2.49. The normalized spacial score (nSPS) is 36.1. The molecular weight excluding hydrogens is 656 g/mol. The molecular formula is C24H29N7O9P2S2. The van der Waals surface area contributed by atoms with Crippen molar-refractivity contribution in [2.45, 2.75) is 56.8 Å². The molecule has 16 nitrogen and oxygen atoms in total. The van der Waals surface area contributed by atoms with E-state index in [1.165, 1.54) is 19.0 Å². The van der Waals surface area contributed by atoms with Crippen LogP contribution in [0.5, 0.6) is 5.88 Å². The zero-order valence-electron chi connectivity index (χ0n) is 23.3. The third-order valence-electron chi connectivity index (χ3n) is 7.60. The standard InChI is InChI=1S/C24H29N7O9P2S2/c1-14-18-10-36-42(44,34-6-2-4-25)39-17-8-16(37-19-3-5-26-11-27-19)7-15(17)9-35-41(33,43)40-21(14)24(38-18)31-13-30-20-22(31)28-12-29-23(20)32/h3,5,11-18,21,24H,2,6-10H2,1H3,(H,33,43)(H,28,29,32)/t14-,15-,16-,17+,18-,21-,24-,41?,42?/m1/s1. The van der Waals surface area contributed by atoms with Gasteiger partial charge in [-0.2, -0.15) is 5.26 Å².